The molecule has 0 unspecified atom stereocenters. The van der Waals surface area contributed by atoms with Gasteiger partial charge in [-0.3, -0.25) is 0 Å². The molecule has 0 bridgehead atoms. The maximum absolute atomic E-state index is 11.2. The Morgan fingerprint density at radius 1 is 1.00 bits per heavy atom. The summed E-state index contributed by atoms with van der Waals surface area (Å²) in [5.41, 5.74) is 3.74. The van der Waals surface area contributed by atoms with Gasteiger partial charge in [-0.05, 0) is 71.5 Å². The minimum atomic E-state index is -0.909. The van der Waals surface area contributed by atoms with Gasteiger partial charge in [0.1, 0.15) is 5.75 Å². The first-order chi connectivity index (χ1) is 14.0. The zero-order valence-corrected chi connectivity index (χ0v) is 17.4. The number of carboxylic acid groups (broad SMARTS) is 1. The fourth-order valence-corrected chi connectivity index (χ4v) is 4.17. The quantitative estimate of drug-likeness (QED) is 0.429. The molecule has 0 heterocycles. The first-order valence-electron chi connectivity index (χ1n) is 10.0. The molecule has 1 N–H and O–H groups in total. The summed E-state index contributed by atoms with van der Waals surface area (Å²) >= 11 is 0. The predicted molar refractivity (Wildman–Crippen MR) is 120 cm³/mol. The summed E-state index contributed by atoms with van der Waals surface area (Å²) < 4.78 is 5.71. The average molecular weight is 389 g/mol. The number of carbonyl (C=O) groups is 1. The zero-order valence-electron chi connectivity index (χ0n) is 17.4. The highest BCUT2D eigenvalue weighted by atomic mass is 16.5. The monoisotopic (exact) mass is 388 g/mol. The number of rotatable bonds is 8. The molecule has 0 amide bonds. The van der Waals surface area contributed by atoms with Crippen LogP contribution >= 0.6 is 0 Å². The molecule has 3 aromatic carbocycles. The topological polar surface area (TPSA) is 46.5 Å². The number of ether oxygens (including phenoxy) is 1. The molecule has 3 heteroatoms. The first kappa shape index (κ1) is 20.7. The summed E-state index contributed by atoms with van der Waals surface area (Å²) in [7, 11) is 1.72. The number of allylic oxidation sites excluding steroid dienone is 1. The lowest BCUT2D eigenvalue weighted by Gasteiger charge is -2.33. The number of benzene rings is 3. The second kappa shape index (κ2) is 8.52. The van der Waals surface area contributed by atoms with Crippen LogP contribution in [-0.4, -0.2) is 18.2 Å². The Hall–Kier alpha value is -3.07. The van der Waals surface area contributed by atoms with Gasteiger partial charge in [0.05, 0.1) is 12.7 Å². The molecule has 3 nitrogen and oxygen atoms in total. The van der Waals surface area contributed by atoms with E-state index in [1.54, 1.807) is 19.2 Å². The number of hydrogen-bond acceptors (Lipinski definition) is 2. The predicted octanol–water partition coefficient (Wildman–Crippen LogP) is 6.85. The Labute approximate surface area is 172 Å². The lowest BCUT2D eigenvalue weighted by atomic mass is 9.72. The summed E-state index contributed by atoms with van der Waals surface area (Å²) in [5, 5.41) is 11.1. The molecule has 0 aliphatic heterocycles. The molecule has 0 aromatic heterocycles. The first-order valence-corrected chi connectivity index (χ1v) is 10.0. The normalized spacial score (nSPS) is 11.4. The maximum Gasteiger partial charge on any atom is 0.335 e. The summed E-state index contributed by atoms with van der Waals surface area (Å²) in [6.45, 7) is 8.41. The largest absolute Gasteiger partial charge is 0.496 e. The smallest absolute Gasteiger partial charge is 0.335 e. The Kier molecular flexibility index (Phi) is 6.07. The highest BCUT2D eigenvalue weighted by Gasteiger charge is 2.30. The van der Waals surface area contributed by atoms with E-state index in [4.69, 9.17) is 4.74 Å². The van der Waals surface area contributed by atoms with E-state index in [-0.39, 0.29) is 5.41 Å². The van der Waals surface area contributed by atoms with E-state index in [0.29, 0.717) is 5.56 Å². The third-order valence-corrected chi connectivity index (χ3v) is 6.08. The van der Waals surface area contributed by atoms with Crippen molar-refractivity contribution in [2.75, 3.05) is 7.11 Å². The number of hydrogen-bond donors (Lipinski definition) is 1. The van der Waals surface area contributed by atoms with Crippen molar-refractivity contribution in [3.8, 4) is 16.9 Å². The summed E-state index contributed by atoms with van der Waals surface area (Å²) in [6.07, 6.45) is 4.90. The van der Waals surface area contributed by atoms with Crippen LogP contribution in [0.1, 0.15) is 49.0 Å². The van der Waals surface area contributed by atoms with Crippen LogP contribution < -0.4 is 4.74 Å². The SMILES string of the molecule is C=CCC(CC)(CC)c1cc(-c2ccc3cc(C(=O)O)ccc3c2)ccc1OC. The van der Waals surface area contributed by atoms with Crippen molar-refractivity contribution in [3.05, 3.63) is 78.4 Å². The van der Waals surface area contributed by atoms with Crippen LogP contribution in [0.3, 0.4) is 0 Å². The second-order valence-electron chi connectivity index (χ2n) is 7.48. The molecule has 0 spiro atoms. The van der Waals surface area contributed by atoms with Gasteiger partial charge in [-0.2, -0.15) is 0 Å². The average Bonchev–Trinajstić information content (AvgIpc) is 2.76. The zero-order chi connectivity index (χ0) is 21.0. The van der Waals surface area contributed by atoms with Crippen molar-refractivity contribution >= 4 is 16.7 Å². The third-order valence-electron chi connectivity index (χ3n) is 6.08. The molecule has 0 aliphatic rings. The molecule has 3 rings (SSSR count). The van der Waals surface area contributed by atoms with Crippen molar-refractivity contribution in [1.29, 1.82) is 0 Å². The summed E-state index contributed by atoms with van der Waals surface area (Å²) in [5.74, 6) is -0.000323. The molecule has 3 aromatic rings. The summed E-state index contributed by atoms with van der Waals surface area (Å²) in [4.78, 5) is 11.2. The standard InChI is InChI=1S/C26H28O3/c1-5-14-26(6-2,7-3)23-17-21(12-13-24(23)29-4)19-8-9-20-16-22(25(27)28)11-10-18(20)15-19/h5,8-13,15-17H,1,6-7,14H2,2-4H3,(H,27,28). The van der Waals surface area contributed by atoms with Gasteiger partial charge in [0, 0.05) is 11.0 Å². The lowest BCUT2D eigenvalue weighted by molar-refractivity contribution is 0.0697. The molecule has 0 saturated heterocycles. The van der Waals surface area contributed by atoms with E-state index in [1.165, 1.54) is 5.56 Å². The van der Waals surface area contributed by atoms with E-state index < -0.39 is 5.97 Å². The molecule has 0 fully saturated rings. The molecule has 150 valence electrons. The van der Waals surface area contributed by atoms with Crippen molar-refractivity contribution in [1.82, 2.24) is 0 Å². The number of fused-ring (bicyclic) bond motifs is 1. The Morgan fingerprint density at radius 3 is 2.24 bits per heavy atom. The van der Waals surface area contributed by atoms with Gasteiger partial charge in [-0.25, -0.2) is 4.79 Å². The minimum Gasteiger partial charge on any atom is -0.496 e. The fourth-order valence-electron chi connectivity index (χ4n) is 4.17. The molecule has 0 radical (unpaired) electrons. The van der Waals surface area contributed by atoms with Crippen molar-refractivity contribution in [3.63, 3.8) is 0 Å². The highest BCUT2D eigenvalue weighted by Crippen LogP contribution is 2.42. The third kappa shape index (κ3) is 3.91. The Bertz CT molecular complexity index is 1050. The minimum absolute atomic E-state index is 0.00363. The van der Waals surface area contributed by atoms with Crippen LogP contribution in [0, 0.1) is 0 Å². The van der Waals surface area contributed by atoms with Crippen molar-refractivity contribution in [2.24, 2.45) is 0 Å². The van der Waals surface area contributed by atoms with Gasteiger partial charge >= 0.3 is 5.97 Å². The molecule has 0 saturated carbocycles. The van der Waals surface area contributed by atoms with Crippen LogP contribution in [0.25, 0.3) is 21.9 Å². The van der Waals surface area contributed by atoms with Crippen LogP contribution in [0.15, 0.2) is 67.3 Å². The molecule has 0 aliphatic carbocycles. The van der Waals surface area contributed by atoms with Gasteiger partial charge in [-0.1, -0.05) is 44.2 Å². The number of methoxy groups -OCH3 is 1. The van der Waals surface area contributed by atoms with E-state index in [2.05, 4.69) is 38.6 Å². The van der Waals surface area contributed by atoms with Gasteiger partial charge in [0.25, 0.3) is 0 Å². The summed E-state index contributed by atoms with van der Waals surface area (Å²) in [6, 6.07) is 17.7. The Balaban J connectivity index is 2.12. The van der Waals surface area contributed by atoms with E-state index in [0.717, 1.165) is 46.9 Å². The molecular weight excluding hydrogens is 360 g/mol. The van der Waals surface area contributed by atoms with Gasteiger partial charge in [0.2, 0.25) is 0 Å². The Morgan fingerprint density at radius 2 is 1.62 bits per heavy atom. The van der Waals surface area contributed by atoms with Crippen LogP contribution in [-0.2, 0) is 5.41 Å². The number of carboxylic acids is 1. The molecule has 29 heavy (non-hydrogen) atoms. The highest BCUT2D eigenvalue weighted by molar-refractivity contribution is 5.95. The fraction of sp³-hybridized carbons (Fsp3) is 0.269. The molecular formula is C26H28O3. The van der Waals surface area contributed by atoms with Gasteiger partial charge in [0.15, 0.2) is 0 Å². The second-order valence-corrected chi connectivity index (χ2v) is 7.48. The van der Waals surface area contributed by atoms with Crippen LogP contribution in [0.2, 0.25) is 0 Å². The van der Waals surface area contributed by atoms with Gasteiger partial charge < -0.3 is 9.84 Å². The molecule has 0 atom stereocenters. The van der Waals surface area contributed by atoms with Crippen LogP contribution in [0.5, 0.6) is 5.75 Å². The van der Waals surface area contributed by atoms with Crippen LogP contribution in [0.4, 0.5) is 0 Å². The number of aromatic carboxylic acids is 1. The maximum atomic E-state index is 11.2. The van der Waals surface area contributed by atoms with Gasteiger partial charge in [-0.15, -0.1) is 6.58 Å². The van der Waals surface area contributed by atoms with Crippen molar-refractivity contribution < 1.29 is 14.6 Å². The van der Waals surface area contributed by atoms with Crippen molar-refractivity contribution in [2.45, 2.75) is 38.5 Å². The van der Waals surface area contributed by atoms with E-state index >= 15 is 0 Å². The van der Waals surface area contributed by atoms with E-state index in [9.17, 15) is 9.90 Å². The van der Waals surface area contributed by atoms with E-state index in [1.807, 2.05) is 30.3 Å². The lowest BCUT2D eigenvalue weighted by Crippen LogP contribution is -2.24.